The van der Waals surface area contributed by atoms with Gasteiger partial charge in [-0.25, -0.2) is 14.4 Å². The number of rotatable bonds is 2. The Balaban J connectivity index is 1.99. The Labute approximate surface area is 111 Å². The topological polar surface area (TPSA) is 90.7 Å². The lowest BCUT2D eigenvalue weighted by Gasteiger charge is -1.91. The summed E-state index contributed by atoms with van der Waals surface area (Å²) in [4.78, 5) is 12.9. The number of nitrogens with zero attached hydrogens (tertiary/aromatic N) is 4. The number of nitrogen functional groups attached to an aromatic ring is 1. The van der Waals surface area contributed by atoms with Crippen LogP contribution in [0, 0.1) is 12.7 Å². The molecule has 0 aliphatic heterocycles. The van der Waals surface area contributed by atoms with E-state index in [0.29, 0.717) is 22.5 Å². The minimum atomic E-state index is -0.418. The van der Waals surface area contributed by atoms with Crippen LogP contribution >= 0.6 is 11.3 Å². The highest BCUT2D eigenvalue weighted by molar-refractivity contribution is 7.18. The molecule has 0 saturated carbocycles. The summed E-state index contributed by atoms with van der Waals surface area (Å²) in [6.45, 7) is 1.81. The third kappa shape index (κ3) is 2.17. The fourth-order valence-electron chi connectivity index (χ4n) is 1.54. The molecule has 0 bridgehead atoms. The van der Waals surface area contributed by atoms with Crippen molar-refractivity contribution in [3.8, 4) is 22.3 Å². The van der Waals surface area contributed by atoms with Crippen molar-refractivity contribution in [3.63, 3.8) is 0 Å². The first-order valence-corrected chi connectivity index (χ1v) is 6.14. The molecule has 3 aromatic heterocycles. The van der Waals surface area contributed by atoms with Crippen molar-refractivity contribution in [1.29, 1.82) is 0 Å². The van der Waals surface area contributed by atoms with Gasteiger partial charge in [0.1, 0.15) is 16.4 Å². The first kappa shape index (κ1) is 11.7. The Morgan fingerprint density at radius 2 is 2.16 bits per heavy atom. The van der Waals surface area contributed by atoms with Crippen molar-refractivity contribution in [2.24, 2.45) is 0 Å². The van der Waals surface area contributed by atoms with E-state index in [1.807, 2.05) is 6.92 Å². The van der Waals surface area contributed by atoms with Crippen LogP contribution in [0.25, 0.3) is 22.3 Å². The molecule has 0 saturated heterocycles. The molecule has 3 rings (SSSR count). The fraction of sp³-hybridized carbons (Fsp3) is 0.0909. The van der Waals surface area contributed by atoms with Gasteiger partial charge in [0.05, 0.1) is 11.9 Å². The number of aromatic nitrogens is 4. The first-order valence-electron chi connectivity index (χ1n) is 5.32. The summed E-state index contributed by atoms with van der Waals surface area (Å²) in [7, 11) is 0. The van der Waals surface area contributed by atoms with Crippen LogP contribution < -0.4 is 5.73 Å². The van der Waals surface area contributed by atoms with Gasteiger partial charge in [0.25, 0.3) is 5.89 Å². The van der Waals surface area contributed by atoms with Gasteiger partial charge < -0.3 is 10.3 Å². The number of nitrogens with two attached hydrogens (primary N) is 1. The lowest BCUT2D eigenvalue weighted by molar-refractivity contribution is 0.432. The zero-order valence-corrected chi connectivity index (χ0v) is 10.6. The molecule has 2 N–H and O–H groups in total. The first-order chi connectivity index (χ1) is 9.13. The van der Waals surface area contributed by atoms with E-state index in [4.69, 9.17) is 10.3 Å². The van der Waals surface area contributed by atoms with E-state index in [0.717, 1.165) is 16.8 Å². The van der Waals surface area contributed by atoms with Crippen molar-refractivity contribution in [2.45, 2.75) is 6.92 Å². The van der Waals surface area contributed by atoms with Crippen LogP contribution in [0.2, 0.25) is 0 Å². The number of thiazole rings is 1. The van der Waals surface area contributed by atoms with Crippen LogP contribution in [0.15, 0.2) is 22.9 Å². The fourth-order valence-corrected chi connectivity index (χ4v) is 2.30. The summed E-state index contributed by atoms with van der Waals surface area (Å²) in [6.07, 6.45) is 1.10. The molecule has 6 nitrogen and oxygen atoms in total. The second kappa shape index (κ2) is 4.39. The molecule has 19 heavy (non-hydrogen) atoms. The van der Waals surface area contributed by atoms with Gasteiger partial charge in [0.2, 0.25) is 5.82 Å². The quantitative estimate of drug-likeness (QED) is 0.772. The zero-order valence-electron chi connectivity index (χ0n) is 9.79. The van der Waals surface area contributed by atoms with E-state index in [1.54, 1.807) is 0 Å². The number of aryl methyl sites for hydroxylation is 1. The van der Waals surface area contributed by atoms with E-state index in [9.17, 15) is 4.39 Å². The van der Waals surface area contributed by atoms with Crippen LogP contribution in [0.3, 0.4) is 0 Å². The minimum absolute atomic E-state index is 0.293. The summed E-state index contributed by atoms with van der Waals surface area (Å²) < 4.78 is 17.9. The van der Waals surface area contributed by atoms with Gasteiger partial charge in [0, 0.05) is 0 Å². The van der Waals surface area contributed by atoms with E-state index >= 15 is 0 Å². The number of hydrogen-bond acceptors (Lipinski definition) is 7. The van der Waals surface area contributed by atoms with E-state index in [-0.39, 0.29) is 0 Å². The van der Waals surface area contributed by atoms with Crippen LogP contribution in [0.4, 0.5) is 9.52 Å². The number of pyridine rings is 1. The Hall–Kier alpha value is -2.35. The Bertz CT molecular complexity index is 721. The Morgan fingerprint density at radius 1 is 1.32 bits per heavy atom. The SMILES string of the molecule is Cc1nc(N)sc1-c1nc(-c2ccc(F)cn2)no1. The molecule has 8 heteroatoms. The third-order valence-corrected chi connectivity index (χ3v) is 3.36. The van der Waals surface area contributed by atoms with Crippen molar-refractivity contribution >= 4 is 16.5 Å². The van der Waals surface area contributed by atoms with Gasteiger partial charge >= 0.3 is 0 Å². The van der Waals surface area contributed by atoms with Crippen molar-refractivity contribution in [1.82, 2.24) is 20.1 Å². The number of anilines is 1. The van der Waals surface area contributed by atoms with Crippen molar-refractivity contribution in [3.05, 3.63) is 29.8 Å². The van der Waals surface area contributed by atoms with Crippen LogP contribution in [0.5, 0.6) is 0 Å². The lowest BCUT2D eigenvalue weighted by Crippen LogP contribution is -1.86. The molecule has 0 aromatic carbocycles. The third-order valence-electron chi connectivity index (χ3n) is 2.39. The monoisotopic (exact) mass is 277 g/mol. The Kier molecular flexibility index (Phi) is 2.71. The maximum Gasteiger partial charge on any atom is 0.270 e. The van der Waals surface area contributed by atoms with Crippen LogP contribution in [0.1, 0.15) is 5.69 Å². The second-order valence-corrected chi connectivity index (χ2v) is 4.78. The molecule has 0 aliphatic rings. The van der Waals surface area contributed by atoms with E-state index in [2.05, 4.69) is 20.1 Å². The number of halogens is 1. The van der Waals surface area contributed by atoms with E-state index < -0.39 is 5.82 Å². The molecule has 3 heterocycles. The highest BCUT2D eigenvalue weighted by Gasteiger charge is 2.16. The predicted octanol–water partition coefficient (Wildman–Crippen LogP) is 2.28. The van der Waals surface area contributed by atoms with Crippen molar-refractivity contribution in [2.75, 3.05) is 5.73 Å². The maximum atomic E-state index is 12.8. The largest absolute Gasteiger partial charge is 0.375 e. The average Bonchev–Trinajstić information content (AvgIpc) is 2.97. The van der Waals surface area contributed by atoms with Crippen LogP contribution in [-0.4, -0.2) is 20.1 Å². The molecule has 0 radical (unpaired) electrons. The maximum absolute atomic E-state index is 12.8. The molecule has 0 atom stereocenters. The van der Waals surface area contributed by atoms with Gasteiger partial charge in [-0.2, -0.15) is 4.98 Å². The number of hydrogen-bond donors (Lipinski definition) is 1. The predicted molar refractivity (Wildman–Crippen MR) is 67.7 cm³/mol. The van der Waals surface area contributed by atoms with Gasteiger partial charge in [-0.3, -0.25) is 0 Å². The molecule has 0 unspecified atom stereocenters. The molecule has 96 valence electrons. The normalized spacial score (nSPS) is 10.8. The highest BCUT2D eigenvalue weighted by Crippen LogP contribution is 2.30. The Morgan fingerprint density at radius 3 is 2.79 bits per heavy atom. The minimum Gasteiger partial charge on any atom is -0.375 e. The summed E-state index contributed by atoms with van der Waals surface area (Å²) in [5.41, 5.74) is 6.78. The summed E-state index contributed by atoms with van der Waals surface area (Å²) in [6, 6.07) is 2.77. The molecule has 0 spiro atoms. The average molecular weight is 277 g/mol. The van der Waals surface area contributed by atoms with Crippen LogP contribution in [-0.2, 0) is 0 Å². The summed E-state index contributed by atoms with van der Waals surface area (Å²) >= 11 is 1.27. The second-order valence-electron chi connectivity index (χ2n) is 3.75. The standard InChI is InChI=1S/C11H8FN5OS/c1-5-8(19-11(13)15-5)10-16-9(17-18-10)7-3-2-6(12)4-14-7/h2-4H,1H3,(H2,13,15). The van der Waals surface area contributed by atoms with Gasteiger partial charge in [0.15, 0.2) is 5.13 Å². The molecule has 0 amide bonds. The smallest absolute Gasteiger partial charge is 0.270 e. The molecule has 0 fully saturated rings. The molecule has 3 aromatic rings. The molecular formula is C11H8FN5OS. The molecule has 0 aliphatic carbocycles. The summed E-state index contributed by atoms with van der Waals surface area (Å²) in [5, 5.41) is 4.25. The van der Waals surface area contributed by atoms with Gasteiger partial charge in [-0.05, 0) is 19.1 Å². The molecular weight excluding hydrogens is 269 g/mol. The zero-order chi connectivity index (χ0) is 13.4. The van der Waals surface area contributed by atoms with Gasteiger partial charge in [-0.1, -0.05) is 16.5 Å². The van der Waals surface area contributed by atoms with E-state index in [1.165, 1.54) is 23.5 Å². The van der Waals surface area contributed by atoms with Gasteiger partial charge in [-0.15, -0.1) is 0 Å². The highest BCUT2D eigenvalue weighted by atomic mass is 32.1. The summed E-state index contributed by atoms with van der Waals surface area (Å²) in [5.74, 6) is 0.202. The lowest BCUT2D eigenvalue weighted by atomic mass is 10.3. The van der Waals surface area contributed by atoms with Crippen molar-refractivity contribution < 1.29 is 8.91 Å².